The first-order chi connectivity index (χ1) is 10.4. The third-order valence-corrected chi connectivity index (χ3v) is 5.08. The number of alkyl halides is 3. The Morgan fingerprint density at radius 2 is 1.86 bits per heavy atom. The van der Waals surface area contributed by atoms with Crippen molar-refractivity contribution in [3.05, 3.63) is 57.8 Å². The number of amides is 1. The zero-order chi connectivity index (χ0) is 15.8. The topological polar surface area (TPSA) is 29.1 Å². The van der Waals surface area contributed by atoms with Crippen LogP contribution in [0.2, 0.25) is 0 Å². The van der Waals surface area contributed by atoms with Gasteiger partial charge in [0.15, 0.2) is 0 Å². The van der Waals surface area contributed by atoms with Crippen molar-refractivity contribution in [3.63, 3.8) is 0 Å². The molecule has 1 fully saturated rings. The van der Waals surface area contributed by atoms with E-state index in [1.807, 2.05) is 11.4 Å². The number of carbonyl (C=O) groups is 1. The van der Waals surface area contributed by atoms with Gasteiger partial charge >= 0.3 is 6.18 Å². The molecule has 116 valence electrons. The molecule has 1 heterocycles. The average molecular weight is 325 g/mol. The van der Waals surface area contributed by atoms with Crippen molar-refractivity contribution in [2.24, 2.45) is 0 Å². The van der Waals surface area contributed by atoms with Crippen LogP contribution < -0.4 is 5.32 Å². The fourth-order valence-electron chi connectivity index (χ4n) is 2.40. The van der Waals surface area contributed by atoms with E-state index in [-0.39, 0.29) is 16.9 Å². The highest BCUT2D eigenvalue weighted by Crippen LogP contribution is 2.49. The minimum Gasteiger partial charge on any atom is -0.351 e. The Morgan fingerprint density at radius 1 is 1.18 bits per heavy atom. The van der Waals surface area contributed by atoms with Gasteiger partial charge in [-0.25, -0.2) is 0 Å². The zero-order valence-electron chi connectivity index (χ0n) is 11.6. The minimum absolute atomic E-state index is 0.0235. The Morgan fingerprint density at radius 3 is 2.36 bits per heavy atom. The van der Waals surface area contributed by atoms with E-state index in [4.69, 9.17) is 0 Å². The van der Waals surface area contributed by atoms with Crippen LogP contribution in [0.4, 0.5) is 13.2 Å². The van der Waals surface area contributed by atoms with E-state index in [1.54, 1.807) is 11.3 Å². The normalized spacial score (nSPS) is 16.3. The van der Waals surface area contributed by atoms with E-state index in [0.29, 0.717) is 6.54 Å². The third-order valence-electron chi connectivity index (χ3n) is 3.96. The molecule has 2 nitrogen and oxygen atoms in total. The number of hydrogen-bond donors (Lipinski definition) is 1. The van der Waals surface area contributed by atoms with E-state index >= 15 is 0 Å². The van der Waals surface area contributed by atoms with Crippen molar-refractivity contribution in [2.75, 3.05) is 6.54 Å². The maximum absolute atomic E-state index is 12.5. The molecule has 6 heteroatoms. The van der Waals surface area contributed by atoms with Crippen molar-refractivity contribution >= 4 is 17.2 Å². The molecule has 0 atom stereocenters. The highest BCUT2D eigenvalue weighted by Gasteiger charge is 2.45. The van der Waals surface area contributed by atoms with Gasteiger partial charge in [0.05, 0.1) is 5.56 Å². The summed E-state index contributed by atoms with van der Waals surface area (Å²) in [5, 5.41) is 4.84. The Kier molecular flexibility index (Phi) is 3.72. The molecule has 1 aromatic carbocycles. The van der Waals surface area contributed by atoms with Gasteiger partial charge in [0.1, 0.15) is 0 Å². The number of benzene rings is 1. The fourth-order valence-corrected chi connectivity index (χ4v) is 3.39. The molecule has 22 heavy (non-hydrogen) atoms. The van der Waals surface area contributed by atoms with Gasteiger partial charge in [-0.3, -0.25) is 4.79 Å². The zero-order valence-corrected chi connectivity index (χ0v) is 12.4. The molecule has 0 bridgehead atoms. The maximum Gasteiger partial charge on any atom is 0.416 e. The molecule has 1 saturated carbocycles. The van der Waals surface area contributed by atoms with Crippen LogP contribution in [0.3, 0.4) is 0 Å². The molecular formula is C16H14F3NOS. The van der Waals surface area contributed by atoms with Gasteiger partial charge in [-0.15, -0.1) is 11.3 Å². The molecule has 0 spiro atoms. The molecule has 3 rings (SSSR count). The highest BCUT2D eigenvalue weighted by molar-refractivity contribution is 7.10. The van der Waals surface area contributed by atoms with Crippen molar-refractivity contribution in [1.82, 2.24) is 5.32 Å². The quantitative estimate of drug-likeness (QED) is 0.895. The largest absolute Gasteiger partial charge is 0.416 e. The van der Waals surface area contributed by atoms with Gasteiger partial charge in [0, 0.05) is 22.4 Å². The summed E-state index contributed by atoms with van der Waals surface area (Å²) in [6.45, 7) is 0.521. The lowest BCUT2D eigenvalue weighted by atomic mass is 10.0. The SMILES string of the molecule is O=C(NCC1(c2cccs2)CC1)c1ccc(C(F)(F)F)cc1. The lowest BCUT2D eigenvalue weighted by Crippen LogP contribution is -2.31. The summed E-state index contributed by atoms with van der Waals surface area (Å²) in [4.78, 5) is 13.3. The first kappa shape index (κ1) is 15.1. The summed E-state index contributed by atoms with van der Waals surface area (Å²) in [5.74, 6) is -0.337. The number of hydrogen-bond acceptors (Lipinski definition) is 2. The molecular weight excluding hydrogens is 311 g/mol. The van der Waals surface area contributed by atoms with Crippen LogP contribution in [0.1, 0.15) is 33.6 Å². The van der Waals surface area contributed by atoms with Gasteiger partial charge in [-0.1, -0.05) is 6.07 Å². The van der Waals surface area contributed by atoms with Gasteiger partial charge in [0.2, 0.25) is 0 Å². The van der Waals surface area contributed by atoms with Crippen LogP contribution in [0.15, 0.2) is 41.8 Å². The summed E-state index contributed by atoms with van der Waals surface area (Å²) < 4.78 is 37.5. The molecule has 0 aliphatic heterocycles. The van der Waals surface area contributed by atoms with Crippen LogP contribution in [-0.4, -0.2) is 12.5 Å². The number of halogens is 3. The van der Waals surface area contributed by atoms with Crippen molar-refractivity contribution in [2.45, 2.75) is 24.4 Å². The fraction of sp³-hybridized carbons (Fsp3) is 0.312. The van der Waals surface area contributed by atoms with Crippen LogP contribution in [0.25, 0.3) is 0 Å². The third kappa shape index (κ3) is 3.02. The van der Waals surface area contributed by atoms with E-state index < -0.39 is 11.7 Å². The number of thiophene rings is 1. The Balaban J connectivity index is 1.63. The molecule has 1 aliphatic carbocycles. The summed E-state index contributed by atoms with van der Waals surface area (Å²) >= 11 is 1.67. The van der Waals surface area contributed by atoms with Gasteiger partial charge in [-0.05, 0) is 48.6 Å². The number of carbonyl (C=O) groups excluding carboxylic acids is 1. The second kappa shape index (κ2) is 5.43. The predicted octanol–water partition coefficient (Wildman–Crippen LogP) is 4.23. The van der Waals surface area contributed by atoms with Crippen molar-refractivity contribution in [3.8, 4) is 0 Å². The van der Waals surface area contributed by atoms with Crippen LogP contribution >= 0.6 is 11.3 Å². The first-order valence-corrected chi connectivity index (χ1v) is 7.78. The second-order valence-electron chi connectivity index (χ2n) is 5.52. The standard InChI is InChI=1S/C16H14F3NOS/c17-16(18,19)12-5-3-11(4-6-12)14(21)20-10-15(7-8-15)13-2-1-9-22-13/h1-6,9H,7-8,10H2,(H,20,21). The molecule has 0 saturated heterocycles. The van der Waals surface area contributed by atoms with E-state index in [1.165, 1.54) is 17.0 Å². The molecule has 1 amide bonds. The summed E-state index contributed by atoms with van der Waals surface area (Å²) in [7, 11) is 0. The number of nitrogens with one attached hydrogen (secondary N) is 1. The second-order valence-corrected chi connectivity index (χ2v) is 6.46. The maximum atomic E-state index is 12.5. The van der Waals surface area contributed by atoms with Crippen LogP contribution in [-0.2, 0) is 11.6 Å². The smallest absolute Gasteiger partial charge is 0.351 e. The van der Waals surface area contributed by atoms with Crippen molar-refractivity contribution in [1.29, 1.82) is 0 Å². The minimum atomic E-state index is -4.38. The molecule has 1 aliphatic rings. The Hall–Kier alpha value is -1.82. The van der Waals surface area contributed by atoms with Crippen LogP contribution in [0.5, 0.6) is 0 Å². The van der Waals surface area contributed by atoms with Gasteiger partial charge < -0.3 is 5.32 Å². The highest BCUT2D eigenvalue weighted by atomic mass is 32.1. The lowest BCUT2D eigenvalue weighted by Gasteiger charge is -2.14. The lowest BCUT2D eigenvalue weighted by molar-refractivity contribution is -0.137. The average Bonchev–Trinajstić information content (AvgIpc) is 3.07. The Labute approximate surface area is 130 Å². The summed E-state index contributed by atoms with van der Waals surface area (Å²) in [6, 6.07) is 8.33. The molecule has 0 radical (unpaired) electrons. The monoisotopic (exact) mass is 325 g/mol. The predicted molar refractivity (Wildman–Crippen MR) is 79.0 cm³/mol. The van der Waals surface area contributed by atoms with Crippen LogP contribution in [0, 0.1) is 0 Å². The van der Waals surface area contributed by atoms with Crippen molar-refractivity contribution < 1.29 is 18.0 Å². The molecule has 1 N–H and O–H groups in total. The number of rotatable bonds is 4. The molecule has 1 aromatic heterocycles. The van der Waals surface area contributed by atoms with Gasteiger partial charge in [-0.2, -0.15) is 13.2 Å². The summed E-state index contributed by atoms with van der Waals surface area (Å²) in [5.41, 5.74) is -0.480. The Bertz CT molecular complexity index is 658. The van der Waals surface area contributed by atoms with E-state index in [2.05, 4.69) is 11.4 Å². The van der Waals surface area contributed by atoms with Gasteiger partial charge in [0.25, 0.3) is 5.91 Å². The van der Waals surface area contributed by atoms with E-state index in [0.717, 1.165) is 25.0 Å². The summed E-state index contributed by atoms with van der Waals surface area (Å²) in [6.07, 6.45) is -2.33. The van der Waals surface area contributed by atoms with E-state index in [9.17, 15) is 18.0 Å². The first-order valence-electron chi connectivity index (χ1n) is 6.90. The molecule has 0 unspecified atom stereocenters. The molecule has 2 aromatic rings.